The first-order chi connectivity index (χ1) is 11.5. The number of rotatable bonds is 3. The zero-order valence-electron chi connectivity index (χ0n) is 14.0. The van der Waals surface area contributed by atoms with Gasteiger partial charge in [-0.3, -0.25) is 0 Å². The summed E-state index contributed by atoms with van der Waals surface area (Å²) in [6.07, 6.45) is 3.48. The van der Waals surface area contributed by atoms with Gasteiger partial charge in [0.25, 0.3) is 0 Å². The fourth-order valence-electron chi connectivity index (χ4n) is 3.87. The average molecular weight is 352 g/mol. The topological polar surface area (TPSA) is 9.23 Å². The minimum atomic E-state index is -1.95. The molecule has 3 unspecified atom stereocenters. The van der Waals surface area contributed by atoms with Crippen molar-refractivity contribution < 1.29 is 4.52 Å². The highest BCUT2D eigenvalue weighted by atomic mass is 32.4. The molecule has 1 saturated heterocycles. The molecule has 2 aliphatic rings. The highest BCUT2D eigenvalue weighted by Crippen LogP contribution is 2.77. The van der Waals surface area contributed by atoms with Crippen molar-refractivity contribution in [2.45, 2.75) is 20.0 Å². The van der Waals surface area contributed by atoms with Gasteiger partial charge in [-0.05, 0) is 18.1 Å². The zero-order valence-corrected chi connectivity index (χ0v) is 15.7. The molecule has 0 spiro atoms. The molecule has 0 N–H and O–H groups in total. The van der Waals surface area contributed by atoms with E-state index < -0.39 is 6.26 Å². The van der Waals surface area contributed by atoms with Gasteiger partial charge >= 0.3 is 0 Å². The Balaban J connectivity index is 1.71. The molecule has 0 radical (unpaired) electrons. The Kier molecular flexibility index (Phi) is 3.88. The molecular formula is C21H21OPS. The first kappa shape index (κ1) is 16.0. The summed E-state index contributed by atoms with van der Waals surface area (Å²) in [4.78, 5) is 0. The molecule has 0 aliphatic carbocycles. The Morgan fingerprint density at radius 2 is 1.71 bits per heavy atom. The lowest BCUT2D eigenvalue weighted by atomic mass is 9.78. The van der Waals surface area contributed by atoms with Crippen molar-refractivity contribution >= 4 is 29.5 Å². The van der Waals surface area contributed by atoms with E-state index in [0.29, 0.717) is 0 Å². The van der Waals surface area contributed by atoms with Crippen LogP contribution in [0.25, 0.3) is 11.4 Å². The second kappa shape index (κ2) is 5.81. The molecule has 2 bridgehead atoms. The summed E-state index contributed by atoms with van der Waals surface area (Å²) >= 11 is 6.07. The maximum absolute atomic E-state index is 6.49. The summed E-state index contributed by atoms with van der Waals surface area (Å²) in [6, 6.07) is 20.9. The quantitative estimate of drug-likeness (QED) is 0.632. The van der Waals surface area contributed by atoms with Gasteiger partial charge in [-0.1, -0.05) is 97.1 Å². The third-order valence-electron chi connectivity index (χ3n) is 5.31. The van der Waals surface area contributed by atoms with Gasteiger partial charge in [0.15, 0.2) is 0 Å². The molecule has 0 amide bonds. The van der Waals surface area contributed by atoms with E-state index >= 15 is 0 Å². The van der Waals surface area contributed by atoms with Gasteiger partial charge in [0.1, 0.15) is 0 Å². The minimum absolute atomic E-state index is 0.0198. The van der Waals surface area contributed by atoms with Crippen LogP contribution in [-0.2, 0) is 16.3 Å². The first-order valence-electron chi connectivity index (χ1n) is 8.31. The Labute approximate surface area is 149 Å². The SMILES string of the molecule is CC1=C(c2ccccc2)P2(=S)CC1(C)C(/C=C/c1ccccc1)O2. The van der Waals surface area contributed by atoms with Crippen LogP contribution in [0.2, 0.25) is 0 Å². The van der Waals surface area contributed by atoms with E-state index in [4.69, 9.17) is 16.3 Å². The Hall–Kier alpha value is -1.47. The smallest absolute Gasteiger partial charge is 0.0971 e. The molecule has 1 nitrogen and oxygen atoms in total. The predicted octanol–water partition coefficient (Wildman–Crippen LogP) is 5.94. The molecular weight excluding hydrogens is 331 g/mol. The molecule has 2 aromatic carbocycles. The monoisotopic (exact) mass is 352 g/mol. The number of hydrogen-bond acceptors (Lipinski definition) is 2. The van der Waals surface area contributed by atoms with Crippen molar-refractivity contribution in [3.63, 3.8) is 0 Å². The van der Waals surface area contributed by atoms with E-state index in [2.05, 4.69) is 80.6 Å². The Bertz CT molecular complexity index is 869. The second-order valence-corrected chi connectivity index (χ2v) is 11.0. The van der Waals surface area contributed by atoms with E-state index in [1.54, 1.807) is 0 Å². The molecule has 2 aliphatic heterocycles. The van der Waals surface area contributed by atoms with E-state index in [0.717, 1.165) is 6.16 Å². The van der Waals surface area contributed by atoms with Crippen molar-refractivity contribution in [3.8, 4) is 0 Å². The van der Waals surface area contributed by atoms with E-state index in [1.165, 1.54) is 22.0 Å². The molecule has 4 rings (SSSR count). The van der Waals surface area contributed by atoms with Crippen LogP contribution in [0.5, 0.6) is 0 Å². The second-order valence-electron chi connectivity index (χ2n) is 6.88. The molecule has 122 valence electrons. The van der Waals surface area contributed by atoms with Gasteiger partial charge in [-0.15, -0.1) is 0 Å². The Morgan fingerprint density at radius 1 is 1.08 bits per heavy atom. The number of fused-ring (bicyclic) bond motifs is 2. The summed E-state index contributed by atoms with van der Waals surface area (Å²) in [5.41, 5.74) is 3.89. The van der Waals surface area contributed by atoms with Crippen molar-refractivity contribution in [1.82, 2.24) is 0 Å². The lowest BCUT2D eigenvalue weighted by molar-refractivity contribution is 0.198. The minimum Gasteiger partial charge on any atom is -0.338 e. The van der Waals surface area contributed by atoms with Crippen LogP contribution < -0.4 is 0 Å². The van der Waals surface area contributed by atoms with Crippen molar-refractivity contribution in [1.29, 1.82) is 0 Å². The summed E-state index contributed by atoms with van der Waals surface area (Å²) in [5, 5.41) is 1.31. The first-order valence-corrected chi connectivity index (χ1v) is 11.2. The van der Waals surface area contributed by atoms with Crippen LogP contribution in [0.3, 0.4) is 0 Å². The summed E-state index contributed by atoms with van der Waals surface area (Å²) in [7, 11) is 0. The molecule has 0 saturated carbocycles. The fourth-order valence-corrected chi connectivity index (χ4v) is 9.28. The molecule has 3 atom stereocenters. The summed E-state index contributed by atoms with van der Waals surface area (Å²) < 4.78 is 6.49. The van der Waals surface area contributed by atoms with Crippen LogP contribution in [0, 0.1) is 5.41 Å². The summed E-state index contributed by atoms with van der Waals surface area (Å²) in [5.74, 6) is 0. The Morgan fingerprint density at radius 3 is 2.33 bits per heavy atom. The van der Waals surface area contributed by atoms with Gasteiger partial charge < -0.3 is 4.52 Å². The van der Waals surface area contributed by atoms with Crippen LogP contribution >= 0.6 is 6.26 Å². The number of hydrogen-bond donors (Lipinski definition) is 0. The van der Waals surface area contributed by atoms with Gasteiger partial charge in [-0.2, -0.15) is 0 Å². The lowest BCUT2D eigenvalue weighted by Gasteiger charge is -2.32. The normalized spacial score (nSPS) is 32.0. The molecule has 24 heavy (non-hydrogen) atoms. The van der Waals surface area contributed by atoms with E-state index in [9.17, 15) is 0 Å². The lowest BCUT2D eigenvalue weighted by Crippen LogP contribution is -2.29. The largest absolute Gasteiger partial charge is 0.338 e. The predicted molar refractivity (Wildman–Crippen MR) is 107 cm³/mol. The molecule has 2 heterocycles. The molecule has 0 aromatic heterocycles. The highest BCUT2D eigenvalue weighted by molar-refractivity contribution is 8.17. The third-order valence-corrected chi connectivity index (χ3v) is 9.42. The van der Waals surface area contributed by atoms with Crippen LogP contribution in [-0.4, -0.2) is 12.3 Å². The maximum atomic E-state index is 6.49. The van der Waals surface area contributed by atoms with Crippen molar-refractivity contribution in [3.05, 3.63) is 83.4 Å². The van der Waals surface area contributed by atoms with Crippen LogP contribution in [0.1, 0.15) is 25.0 Å². The van der Waals surface area contributed by atoms with Gasteiger partial charge in [0, 0.05) is 16.9 Å². The van der Waals surface area contributed by atoms with E-state index in [1.807, 2.05) is 6.07 Å². The zero-order chi connectivity index (χ0) is 16.8. The average Bonchev–Trinajstić information content (AvgIpc) is 2.97. The fraction of sp³-hybridized carbons (Fsp3) is 0.238. The van der Waals surface area contributed by atoms with Gasteiger partial charge in [-0.25, -0.2) is 0 Å². The molecule has 2 aromatic rings. The third kappa shape index (κ3) is 2.45. The number of benzene rings is 2. The van der Waals surface area contributed by atoms with Crippen LogP contribution in [0.15, 0.2) is 72.3 Å². The van der Waals surface area contributed by atoms with Gasteiger partial charge in [0.05, 0.1) is 12.4 Å². The summed E-state index contributed by atoms with van der Waals surface area (Å²) in [6.45, 7) is 4.56. The van der Waals surface area contributed by atoms with Crippen molar-refractivity contribution in [2.24, 2.45) is 5.41 Å². The van der Waals surface area contributed by atoms with Crippen molar-refractivity contribution in [2.75, 3.05) is 6.16 Å². The van der Waals surface area contributed by atoms with Crippen LogP contribution in [0.4, 0.5) is 0 Å². The maximum Gasteiger partial charge on any atom is 0.0971 e. The van der Waals surface area contributed by atoms with E-state index in [-0.39, 0.29) is 11.5 Å². The van der Waals surface area contributed by atoms with Gasteiger partial charge in [0.2, 0.25) is 0 Å². The molecule has 3 heteroatoms. The highest BCUT2D eigenvalue weighted by Gasteiger charge is 2.56. The standard InChI is InChI=1S/C21H21OPS/c1-16-20(18-11-7-4-8-12-18)23(24)15-21(16,2)19(22-23)14-13-17-9-5-3-6-10-17/h3-14,19H,15H2,1-2H3/b14-13+. The molecule has 1 fully saturated rings.